The highest BCUT2D eigenvalue weighted by Crippen LogP contribution is 2.19. The van der Waals surface area contributed by atoms with Crippen LogP contribution < -0.4 is 15.4 Å². The summed E-state index contributed by atoms with van der Waals surface area (Å²) in [6.07, 6.45) is 2.22. The highest BCUT2D eigenvalue weighted by atomic mass is 127. The van der Waals surface area contributed by atoms with E-state index in [1.54, 1.807) is 20.2 Å². The van der Waals surface area contributed by atoms with Gasteiger partial charge in [0.2, 0.25) is 0 Å². The molecule has 2 N–H and O–H groups in total. The topological polar surface area (TPSA) is 48.9 Å². The Hall–Kier alpha value is -1.87. The quantitative estimate of drug-likeness (QED) is 0.325. The molecule has 0 atom stereocenters. The molecule has 1 heterocycles. The molecule has 3 rings (SSSR count). The van der Waals surface area contributed by atoms with Crippen molar-refractivity contribution in [1.82, 2.24) is 15.5 Å². The van der Waals surface area contributed by atoms with Gasteiger partial charge in [-0.15, -0.1) is 24.0 Å². The lowest BCUT2D eigenvalue weighted by Gasteiger charge is -2.32. The van der Waals surface area contributed by atoms with Crippen molar-refractivity contribution in [2.45, 2.75) is 25.9 Å². The van der Waals surface area contributed by atoms with Crippen molar-refractivity contribution in [3.63, 3.8) is 0 Å². The Morgan fingerprint density at radius 3 is 2.43 bits per heavy atom. The maximum Gasteiger partial charge on any atom is 0.191 e. The number of methoxy groups -OCH3 is 1. The number of benzene rings is 2. The number of aliphatic imine (C=N–C) groups is 1. The van der Waals surface area contributed by atoms with Crippen LogP contribution in [-0.4, -0.2) is 44.7 Å². The zero-order valence-corrected chi connectivity index (χ0v) is 20.1. The predicted octanol–water partition coefficient (Wildman–Crippen LogP) is 4.03. The summed E-state index contributed by atoms with van der Waals surface area (Å²) in [6, 6.07) is 15.1. The molecule has 0 aliphatic carbocycles. The number of rotatable bonds is 7. The zero-order chi connectivity index (χ0) is 20.5. The third kappa shape index (κ3) is 7.43. The summed E-state index contributed by atoms with van der Waals surface area (Å²) in [4.78, 5) is 6.66. The number of guanidine groups is 1. The molecule has 2 aromatic rings. The summed E-state index contributed by atoms with van der Waals surface area (Å²) in [5.41, 5.74) is 1.96. The van der Waals surface area contributed by atoms with Crippen molar-refractivity contribution in [2.24, 2.45) is 10.9 Å². The molecule has 1 aliphatic heterocycles. The number of ether oxygens (including phenoxy) is 1. The summed E-state index contributed by atoms with van der Waals surface area (Å²) < 4.78 is 19.0. The summed E-state index contributed by atoms with van der Waals surface area (Å²) in [6.45, 7) is 4.30. The third-order valence-electron chi connectivity index (χ3n) is 5.46. The van der Waals surface area contributed by atoms with Gasteiger partial charge < -0.3 is 15.4 Å². The van der Waals surface area contributed by atoms with E-state index in [-0.39, 0.29) is 29.8 Å². The van der Waals surface area contributed by atoms with Gasteiger partial charge in [0.1, 0.15) is 11.6 Å². The Bertz CT molecular complexity index is 792. The highest BCUT2D eigenvalue weighted by molar-refractivity contribution is 14.0. The SMILES string of the molecule is CN=C(NCc1ccc(OC)cc1)NCC1CCN(Cc2ccccc2F)CC1.I. The molecule has 0 aromatic heterocycles. The fourth-order valence-corrected chi connectivity index (χ4v) is 3.61. The monoisotopic (exact) mass is 526 g/mol. The first-order valence-electron chi connectivity index (χ1n) is 10.2. The number of hydrogen-bond donors (Lipinski definition) is 2. The molecule has 1 fully saturated rings. The average molecular weight is 526 g/mol. The Balaban J connectivity index is 0.00000320. The molecule has 0 saturated carbocycles. The number of hydrogen-bond acceptors (Lipinski definition) is 3. The van der Waals surface area contributed by atoms with E-state index in [4.69, 9.17) is 4.74 Å². The lowest BCUT2D eigenvalue weighted by molar-refractivity contribution is 0.176. The lowest BCUT2D eigenvalue weighted by atomic mass is 9.96. The average Bonchev–Trinajstić information content (AvgIpc) is 2.77. The van der Waals surface area contributed by atoms with Crippen LogP contribution >= 0.6 is 24.0 Å². The van der Waals surface area contributed by atoms with Crippen molar-refractivity contribution in [3.05, 3.63) is 65.5 Å². The molecule has 164 valence electrons. The predicted molar refractivity (Wildman–Crippen MR) is 131 cm³/mol. The molecular weight excluding hydrogens is 494 g/mol. The van der Waals surface area contributed by atoms with E-state index in [9.17, 15) is 4.39 Å². The number of piperidine rings is 1. The van der Waals surface area contributed by atoms with Gasteiger partial charge in [-0.25, -0.2) is 4.39 Å². The van der Waals surface area contributed by atoms with Crippen LogP contribution in [0, 0.1) is 11.7 Å². The van der Waals surface area contributed by atoms with Crippen LogP contribution in [0.15, 0.2) is 53.5 Å². The standard InChI is InChI=1S/C23H31FN4O.HI/c1-25-23(26-15-18-7-9-21(29-2)10-8-18)27-16-19-11-13-28(14-12-19)17-20-5-3-4-6-22(20)24;/h3-10,19H,11-17H2,1-2H3,(H2,25,26,27);1H. The number of nitrogens with zero attached hydrogens (tertiary/aromatic N) is 2. The van der Waals surface area contributed by atoms with E-state index in [1.165, 1.54) is 11.6 Å². The normalized spacial score (nSPS) is 15.4. The van der Waals surface area contributed by atoms with Gasteiger partial charge in [0, 0.05) is 32.2 Å². The fourth-order valence-electron chi connectivity index (χ4n) is 3.61. The van der Waals surface area contributed by atoms with Gasteiger partial charge in [-0.3, -0.25) is 9.89 Å². The first-order chi connectivity index (χ1) is 14.2. The minimum absolute atomic E-state index is 0. The number of halogens is 2. The molecule has 7 heteroatoms. The van der Waals surface area contributed by atoms with Crippen molar-refractivity contribution in [3.8, 4) is 5.75 Å². The lowest BCUT2D eigenvalue weighted by Crippen LogP contribution is -2.42. The van der Waals surface area contributed by atoms with Gasteiger partial charge in [-0.2, -0.15) is 0 Å². The molecule has 5 nitrogen and oxygen atoms in total. The van der Waals surface area contributed by atoms with Gasteiger partial charge in [0.25, 0.3) is 0 Å². The molecular formula is C23H32FIN4O. The largest absolute Gasteiger partial charge is 0.497 e. The first kappa shape index (κ1) is 24.4. The second-order valence-electron chi connectivity index (χ2n) is 7.47. The Morgan fingerprint density at radius 1 is 1.10 bits per heavy atom. The molecule has 0 amide bonds. The van der Waals surface area contributed by atoms with Gasteiger partial charge in [-0.1, -0.05) is 30.3 Å². The minimum Gasteiger partial charge on any atom is -0.497 e. The van der Waals surface area contributed by atoms with Crippen LogP contribution in [0.3, 0.4) is 0 Å². The first-order valence-corrected chi connectivity index (χ1v) is 10.2. The van der Waals surface area contributed by atoms with Crippen molar-refractivity contribution in [2.75, 3.05) is 33.8 Å². The maximum atomic E-state index is 13.8. The summed E-state index contributed by atoms with van der Waals surface area (Å²) in [5, 5.41) is 6.80. The smallest absolute Gasteiger partial charge is 0.191 e. The number of nitrogens with one attached hydrogen (secondary N) is 2. The van der Waals surface area contributed by atoms with Crippen molar-refractivity contribution >= 4 is 29.9 Å². The Morgan fingerprint density at radius 2 is 1.80 bits per heavy atom. The molecule has 2 aromatic carbocycles. The van der Waals surface area contributed by atoms with E-state index in [2.05, 4.69) is 20.5 Å². The minimum atomic E-state index is -0.108. The second-order valence-corrected chi connectivity index (χ2v) is 7.47. The van der Waals surface area contributed by atoms with Gasteiger partial charge in [0.05, 0.1) is 7.11 Å². The molecule has 1 saturated heterocycles. The van der Waals surface area contributed by atoms with Crippen LogP contribution in [0.2, 0.25) is 0 Å². The summed E-state index contributed by atoms with van der Waals surface area (Å²) in [7, 11) is 3.46. The van der Waals surface area contributed by atoms with Crippen LogP contribution in [0.5, 0.6) is 5.75 Å². The fraction of sp³-hybridized carbons (Fsp3) is 0.435. The van der Waals surface area contributed by atoms with Crippen LogP contribution in [0.4, 0.5) is 4.39 Å². The van der Waals surface area contributed by atoms with E-state index in [0.717, 1.165) is 49.7 Å². The van der Waals surface area contributed by atoms with Crippen LogP contribution in [0.25, 0.3) is 0 Å². The molecule has 30 heavy (non-hydrogen) atoms. The van der Waals surface area contributed by atoms with E-state index in [1.807, 2.05) is 36.4 Å². The molecule has 0 spiro atoms. The van der Waals surface area contributed by atoms with E-state index >= 15 is 0 Å². The molecule has 0 radical (unpaired) electrons. The zero-order valence-electron chi connectivity index (χ0n) is 17.7. The summed E-state index contributed by atoms with van der Waals surface area (Å²) in [5.74, 6) is 2.17. The van der Waals surface area contributed by atoms with Gasteiger partial charge in [0.15, 0.2) is 5.96 Å². The Labute approximate surface area is 196 Å². The van der Waals surface area contributed by atoms with Gasteiger partial charge in [-0.05, 0) is 55.6 Å². The van der Waals surface area contributed by atoms with E-state index in [0.29, 0.717) is 19.0 Å². The maximum absolute atomic E-state index is 13.8. The molecule has 0 bridgehead atoms. The number of likely N-dealkylation sites (tertiary alicyclic amines) is 1. The van der Waals surface area contributed by atoms with Crippen LogP contribution in [0.1, 0.15) is 24.0 Å². The van der Waals surface area contributed by atoms with Crippen molar-refractivity contribution < 1.29 is 9.13 Å². The van der Waals surface area contributed by atoms with Crippen LogP contribution in [-0.2, 0) is 13.1 Å². The third-order valence-corrected chi connectivity index (χ3v) is 5.46. The molecule has 1 aliphatic rings. The van der Waals surface area contributed by atoms with Crippen molar-refractivity contribution in [1.29, 1.82) is 0 Å². The van der Waals surface area contributed by atoms with Gasteiger partial charge >= 0.3 is 0 Å². The molecule has 0 unspecified atom stereocenters. The van der Waals surface area contributed by atoms with E-state index < -0.39 is 0 Å². The highest BCUT2D eigenvalue weighted by Gasteiger charge is 2.20. The summed E-state index contributed by atoms with van der Waals surface area (Å²) >= 11 is 0. The second kappa shape index (κ2) is 12.7. The Kier molecular flexibility index (Phi) is 10.4.